The first-order valence-corrected chi connectivity index (χ1v) is 8.06. The molecule has 112 valence electrons. The van der Waals surface area contributed by atoms with Gasteiger partial charge in [0, 0.05) is 13.1 Å². The summed E-state index contributed by atoms with van der Waals surface area (Å²) in [4.78, 5) is 18.2. The van der Waals surface area contributed by atoms with Crippen LogP contribution in [0.4, 0.5) is 5.13 Å². The van der Waals surface area contributed by atoms with E-state index in [0.717, 1.165) is 37.0 Å². The topological polar surface area (TPSA) is 53.4 Å². The Morgan fingerprint density at radius 2 is 2.05 bits per heavy atom. The van der Waals surface area contributed by atoms with Gasteiger partial charge in [0.05, 0.1) is 5.69 Å². The highest BCUT2D eigenvalue weighted by molar-refractivity contribution is 7.17. The summed E-state index contributed by atoms with van der Waals surface area (Å²) in [7, 11) is 0. The van der Waals surface area contributed by atoms with Gasteiger partial charge < -0.3 is 10.0 Å². The molecule has 5 heteroatoms. The van der Waals surface area contributed by atoms with Crippen LogP contribution in [0.3, 0.4) is 0 Å². The van der Waals surface area contributed by atoms with E-state index in [0.29, 0.717) is 16.0 Å². The number of aryl methyl sites for hydroxylation is 1. The Bertz CT molecular complexity index is 491. The van der Waals surface area contributed by atoms with E-state index in [9.17, 15) is 4.79 Å². The maximum Gasteiger partial charge on any atom is 0.347 e. The second-order valence-corrected chi connectivity index (χ2v) is 7.67. The average Bonchev–Trinajstić information content (AvgIpc) is 2.58. The zero-order chi connectivity index (χ0) is 14.9. The van der Waals surface area contributed by atoms with Gasteiger partial charge in [0.15, 0.2) is 5.13 Å². The van der Waals surface area contributed by atoms with Crippen LogP contribution in [0.25, 0.3) is 0 Å². The van der Waals surface area contributed by atoms with Crippen molar-refractivity contribution in [2.24, 2.45) is 11.3 Å². The van der Waals surface area contributed by atoms with Crippen molar-refractivity contribution >= 4 is 22.4 Å². The Balaban J connectivity index is 2.11. The molecule has 0 aliphatic carbocycles. The third-order valence-corrected chi connectivity index (χ3v) is 5.41. The van der Waals surface area contributed by atoms with Crippen LogP contribution < -0.4 is 4.90 Å². The molecule has 4 nitrogen and oxygen atoms in total. The highest BCUT2D eigenvalue weighted by Crippen LogP contribution is 2.36. The van der Waals surface area contributed by atoms with Gasteiger partial charge in [0.2, 0.25) is 0 Å². The summed E-state index contributed by atoms with van der Waals surface area (Å²) in [6.07, 6.45) is 3.56. The zero-order valence-electron chi connectivity index (χ0n) is 12.8. The van der Waals surface area contributed by atoms with Gasteiger partial charge in [-0.05, 0) is 37.5 Å². The lowest BCUT2D eigenvalue weighted by Crippen LogP contribution is -2.25. The summed E-state index contributed by atoms with van der Waals surface area (Å²) >= 11 is 1.31. The summed E-state index contributed by atoms with van der Waals surface area (Å²) in [5.74, 6) is -0.138. The van der Waals surface area contributed by atoms with Crippen molar-refractivity contribution in [3.8, 4) is 0 Å². The SMILES string of the molecule is Cc1nc(N2CCCC(C(C)(C)C)CC2)sc1C(=O)O. The van der Waals surface area contributed by atoms with E-state index in [1.807, 2.05) is 0 Å². The number of anilines is 1. The van der Waals surface area contributed by atoms with Gasteiger partial charge in [-0.25, -0.2) is 9.78 Å². The Morgan fingerprint density at radius 3 is 2.60 bits per heavy atom. The Morgan fingerprint density at radius 1 is 1.35 bits per heavy atom. The maximum atomic E-state index is 11.1. The second-order valence-electron chi connectivity index (χ2n) is 6.70. The van der Waals surface area contributed by atoms with E-state index in [1.54, 1.807) is 6.92 Å². The number of hydrogen-bond donors (Lipinski definition) is 1. The number of rotatable bonds is 2. The molecule has 20 heavy (non-hydrogen) atoms. The minimum absolute atomic E-state index is 0.348. The Kier molecular flexibility index (Phi) is 4.37. The van der Waals surface area contributed by atoms with Crippen LogP contribution in [-0.4, -0.2) is 29.1 Å². The molecule has 0 spiro atoms. The van der Waals surface area contributed by atoms with E-state index in [2.05, 4.69) is 30.7 Å². The Labute approximate surface area is 124 Å². The predicted octanol–water partition coefficient (Wildman–Crippen LogP) is 3.80. The predicted molar refractivity (Wildman–Crippen MR) is 82.8 cm³/mol. The number of carbonyl (C=O) groups is 1. The number of carboxylic acids is 1. The van der Waals surface area contributed by atoms with Gasteiger partial charge in [-0.3, -0.25) is 0 Å². The summed E-state index contributed by atoms with van der Waals surface area (Å²) in [6.45, 7) is 10.7. The van der Waals surface area contributed by atoms with Crippen LogP contribution in [0.15, 0.2) is 0 Å². The Hall–Kier alpha value is -1.10. The molecule has 0 amide bonds. The van der Waals surface area contributed by atoms with Crippen molar-refractivity contribution in [1.82, 2.24) is 4.98 Å². The van der Waals surface area contributed by atoms with Crippen LogP contribution in [-0.2, 0) is 0 Å². The first-order chi connectivity index (χ1) is 9.29. The molecule has 1 N–H and O–H groups in total. The fourth-order valence-corrected chi connectivity index (χ4v) is 3.83. The van der Waals surface area contributed by atoms with Crippen molar-refractivity contribution in [2.45, 2.75) is 47.0 Å². The highest BCUT2D eigenvalue weighted by Gasteiger charge is 2.28. The monoisotopic (exact) mass is 296 g/mol. The normalized spacial score (nSPS) is 20.8. The smallest absolute Gasteiger partial charge is 0.347 e. The number of hydrogen-bond acceptors (Lipinski definition) is 4. The summed E-state index contributed by atoms with van der Waals surface area (Å²) in [6, 6.07) is 0. The number of thiazole rings is 1. The van der Waals surface area contributed by atoms with Crippen LogP contribution in [0.5, 0.6) is 0 Å². The van der Waals surface area contributed by atoms with Gasteiger partial charge in [-0.1, -0.05) is 32.1 Å². The molecular formula is C15H24N2O2S. The van der Waals surface area contributed by atoms with Gasteiger partial charge in [0.25, 0.3) is 0 Å². The van der Waals surface area contributed by atoms with E-state index >= 15 is 0 Å². The quantitative estimate of drug-likeness (QED) is 0.902. The standard InChI is InChI=1S/C15H24N2O2S/c1-10-12(13(18)19)20-14(16-10)17-8-5-6-11(7-9-17)15(2,3)4/h11H,5-9H2,1-4H3,(H,18,19). The fourth-order valence-electron chi connectivity index (χ4n) is 2.87. The number of aromatic carboxylic acids is 1. The van der Waals surface area contributed by atoms with Gasteiger partial charge >= 0.3 is 5.97 Å². The number of aromatic nitrogens is 1. The van der Waals surface area contributed by atoms with Crippen molar-refractivity contribution in [3.05, 3.63) is 10.6 Å². The third kappa shape index (κ3) is 3.32. The highest BCUT2D eigenvalue weighted by atomic mass is 32.1. The van der Waals surface area contributed by atoms with Crippen LogP contribution in [0.2, 0.25) is 0 Å². The molecule has 1 unspecified atom stereocenters. The molecule has 1 saturated heterocycles. The van der Waals surface area contributed by atoms with E-state index in [1.165, 1.54) is 17.8 Å². The minimum Gasteiger partial charge on any atom is -0.477 e. The zero-order valence-corrected chi connectivity index (χ0v) is 13.6. The summed E-state index contributed by atoms with van der Waals surface area (Å²) in [5.41, 5.74) is 0.982. The van der Waals surface area contributed by atoms with Crippen LogP contribution in [0.1, 0.15) is 55.4 Å². The van der Waals surface area contributed by atoms with Crippen molar-refractivity contribution in [1.29, 1.82) is 0 Å². The third-order valence-electron chi connectivity index (χ3n) is 4.20. The first-order valence-electron chi connectivity index (χ1n) is 7.24. The maximum absolute atomic E-state index is 11.1. The first kappa shape index (κ1) is 15.3. The molecule has 0 aromatic carbocycles. The van der Waals surface area contributed by atoms with Gasteiger partial charge in [0.1, 0.15) is 4.88 Å². The van der Waals surface area contributed by atoms with Crippen molar-refractivity contribution < 1.29 is 9.90 Å². The van der Waals surface area contributed by atoms with E-state index < -0.39 is 5.97 Å². The molecular weight excluding hydrogens is 272 g/mol. The lowest BCUT2D eigenvalue weighted by molar-refractivity contribution is 0.0701. The molecule has 2 heterocycles. The lowest BCUT2D eigenvalue weighted by Gasteiger charge is -2.29. The second kappa shape index (κ2) is 5.72. The van der Waals surface area contributed by atoms with E-state index in [4.69, 9.17) is 5.11 Å². The molecule has 1 aliphatic rings. The average molecular weight is 296 g/mol. The lowest BCUT2D eigenvalue weighted by atomic mass is 9.77. The minimum atomic E-state index is -0.867. The molecule has 2 rings (SSSR count). The largest absolute Gasteiger partial charge is 0.477 e. The van der Waals surface area contributed by atoms with Crippen molar-refractivity contribution in [2.75, 3.05) is 18.0 Å². The molecule has 1 atom stereocenters. The van der Waals surface area contributed by atoms with Crippen LogP contribution in [0, 0.1) is 18.3 Å². The molecule has 0 bridgehead atoms. The summed E-state index contributed by atoms with van der Waals surface area (Å²) < 4.78 is 0. The molecule has 1 aromatic rings. The summed E-state index contributed by atoms with van der Waals surface area (Å²) in [5, 5.41) is 10.0. The molecule has 1 aliphatic heterocycles. The van der Waals surface area contributed by atoms with Gasteiger partial charge in [-0.2, -0.15) is 0 Å². The van der Waals surface area contributed by atoms with E-state index in [-0.39, 0.29) is 0 Å². The van der Waals surface area contributed by atoms with Gasteiger partial charge in [-0.15, -0.1) is 0 Å². The number of carboxylic acid groups (broad SMARTS) is 1. The van der Waals surface area contributed by atoms with Crippen molar-refractivity contribution in [3.63, 3.8) is 0 Å². The molecule has 1 aromatic heterocycles. The number of nitrogens with zero attached hydrogens (tertiary/aromatic N) is 2. The van der Waals surface area contributed by atoms with Crippen LogP contribution >= 0.6 is 11.3 Å². The fraction of sp³-hybridized carbons (Fsp3) is 0.733. The molecule has 0 saturated carbocycles. The molecule has 0 radical (unpaired) electrons. The molecule has 1 fully saturated rings.